The van der Waals surface area contributed by atoms with Crippen molar-refractivity contribution in [3.63, 3.8) is 0 Å². The molecule has 0 radical (unpaired) electrons. The van der Waals surface area contributed by atoms with Crippen molar-refractivity contribution in [3.8, 4) is 0 Å². The molecule has 2 rings (SSSR count). The van der Waals surface area contributed by atoms with Crippen molar-refractivity contribution in [1.82, 2.24) is 10.6 Å². The van der Waals surface area contributed by atoms with Crippen LogP contribution in [0.2, 0.25) is 0 Å². The van der Waals surface area contributed by atoms with E-state index < -0.39 is 0 Å². The monoisotopic (exact) mass is 505 g/mol. The number of nitrogens with one attached hydrogen (secondary N) is 2. The van der Waals surface area contributed by atoms with Gasteiger partial charge in [0.25, 0.3) is 0 Å². The first-order chi connectivity index (χ1) is 13.3. The lowest BCUT2D eigenvalue weighted by Gasteiger charge is -2.22. The molecule has 0 aromatic heterocycles. The van der Waals surface area contributed by atoms with Crippen molar-refractivity contribution in [2.24, 2.45) is 4.99 Å². The number of nitrogens with zero attached hydrogens (tertiary/aromatic N) is 1. The van der Waals surface area contributed by atoms with Crippen LogP contribution in [0.15, 0.2) is 35.3 Å². The van der Waals surface area contributed by atoms with Gasteiger partial charge in [-0.1, -0.05) is 30.3 Å². The van der Waals surface area contributed by atoms with Gasteiger partial charge in [0.1, 0.15) is 0 Å². The number of guanidine groups is 1. The summed E-state index contributed by atoms with van der Waals surface area (Å²) >= 11 is 0. The molecule has 0 aliphatic carbocycles. The lowest BCUT2D eigenvalue weighted by atomic mass is 10.1. The Bertz CT molecular complexity index is 525. The van der Waals surface area contributed by atoms with E-state index in [-0.39, 0.29) is 30.1 Å². The zero-order chi connectivity index (χ0) is 19.2. The van der Waals surface area contributed by atoms with E-state index in [0.717, 1.165) is 71.2 Å². The highest BCUT2D eigenvalue weighted by atomic mass is 127. The van der Waals surface area contributed by atoms with Gasteiger partial charge in [-0.15, -0.1) is 24.0 Å². The second-order valence-corrected chi connectivity index (χ2v) is 6.74. The maximum Gasteiger partial charge on any atom is 0.190 e. The molecule has 6 nitrogen and oxygen atoms in total. The minimum absolute atomic E-state index is 0. The van der Waals surface area contributed by atoms with E-state index in [2.05, 4.69) is 34.7 Å². The summed E-state index contributed by atoms with van der Waals surface area (Å²) in [6.07, 6.45) is 4.43. The quantitative estimate of drug-likeness (QED) is 0.209. The molecular weight excluding hydrogens is 469 g/mol. The van der Waals surface area contributed by atoms with Crippen LogP contribution in [0.5, 0.6) is 0 Å². The Morgan fingerprint density at radius 3 is 2.39 bits per heavy atom. The minimum atomic E-state index is 0. The van der Waals surface area contributed by atoms with Gasteiger partial charge in [0.2, 0.25) is 0 Å². The fourth-order valence-corrected chi connectivity index (χ4v) is 2.95. The fourth-order valence-electron chi connectivity index (χ4n) is 2.95. The zero-order valence-corrected chi connectivity index (χ0v) is 19.5. The SMILES string of the molecule is CN=C(NCCCOC1CCOCC1)NCCCOC(C)c1ccccc1.I. The largest absolute Gasteiger partial charge is 0.381 e. The molecule has 1 aliphatic heterocycles. The maximum absolute atomic E-state index is 5.89. The van der Waals surface area contributed by atoms with Gasteiger partial charge < -0.3 is 24.8 Å². The van der Waals surface area contributed by atoms with Crippen molar-refractivity contribution >= 4 is 29.9 Å². The van der Waals surface area contributed by atoms with E-state index >= 15 is 0 Å². The Morgan fingerprint density at radius 2 is 1.75 bits per heavy atom. The van der Waals surface area contributed by atoms with Crippen LogP contribution >= 0.6 is 24.0 Å². The van der Waals surface area contributed by atoms with Crippen LogP contribution in [0.1, 0.15) is 44.3 Å². The summed E-state index contributed by atoms with van der Waals surface area (Å²) in [5.74, 6) is 0.831. The molecule has 1 fully saturated rings. The fraction of sp³-hybridized carbons (Fsp3) is 0.667. The van der Waals surface area contributed by atoms with Gasteiger partial charge in [-0.3, -0.25) is 4.99 Å². The van der Waals surface area contributed by atoms with Crippen LogP contribution < -0.4 is 10.6 Å². The van der Waals surface area contributed by atoms with Crippen LogP contribution in [-0.2, 0) is 14.2 Å². The van der Waals surface area contributed by atoms with Gasteiger partial charge in [0.05, 0.1) is 12.2 Å². The molecule has 7 heteroatoms. The van der Waals surface area contributed by atoms with E-state index in [9.17, 15) is 0 Å². The minimum Gasteiger partial charge on any atom is -0.381 e. The molecule has 0 bridgehead atoms. The Labute approximate surface area is 186 Å². The Hall–Kier alpha value is -0.900. The highest BCUT2D eigenvalue weighted by Crippen LogP contribution is 2.15. The molecule has 1 heterocycles. The predicted octanol–water partition coefficient (Wildman–Crippen LogP) is 3.52. The molecule has 1 saturated heterocycles. The normalized spacial score (nSPS) is 16.3. The molecule has 1 unspecified atom stereocenters. The molecule has 0 amide bonds. The van der Waals surface area contributed by atoms with E-state index in [1.165, 1.54) is 5.56 Å². The standard InChI is InChI=1S/C21H35N3O3.HI/c1-18(19-8-4-3-5-9-19)26-14-6-12-23-21(22-2)24-13-7-15-27-20-10-16-25-17-11-20;/h3-5,8-9,18,20H,6-7,10-17H2,1-2H3,(H2,22,23,24);1H. The van der Waals surface area contributed by atoms with Gasteiger partial charge in [-0.05, 0) is 38.2 Å². The summed E-state index contributed by atoms with van der Waals surface area (Å²) in [6.45, 7) is 6.93. The van der Waals surface area contributed by atoms with Crippen LogP contribution in [-0.4, -0.2) is 58.6 Å². The average Bonchev–Trinajstić information content (AvgIpc) is 2.73. The third-order valence-corrected chi connectivity index (χ3v) is 4.61. The number of hydrogen-bond acceptors (Lipinski definition) is 4. The van der Waals surface area contributed by atoms with Crippen molar-refractivity contribution in [2.45, 2.75) is 44.8 Å². The number of aliphatic imine (C=N–C) groups is 1. The first-order valence-electron chi connectivity index (χ1n) is 10.1. The van der Waals surface area contributed by atoms with E-state index in [4.69, 9.17) is 14.2 Å². The Morgan fingerprint density at radius 1 is 1.11 bits per heavy atom. The van der Waals surface area contributed by atoms with Crippen molar-refractivity contribution in [3.05, 3.63) is 35.9 Å². The highest BCUT2D eigenvalue weighted by molar-refractivity contribution is 14.0. The lowest BCUT2D eigenvalue weighted by molar-refractivity contribution is -0.0320. The number of benzene rings is 1. The smallest absolute Gasteiger partial charge is 0.190 e. The zero-order valence-electron chi connectivity index (χ0n) is 17.2. The van der Waals surface area contributed by atoms with Crippen LogP contribution in [0.4, 0.5) is 0 Å². The highest BCUT2D eigenvalue weighted by Gasteiger charge is 2.13. The summed E-state index contributed by atoms with van der Waals surface area (Å²) in [5, 5.41) is 6.65. The molecule has 1 aromatic rings. The van der Waals surface area contributed by atoms with Crippen molar-refractivity contribution < 1.29 is 14.2 Å². The lowest BCUT2D eigenvalue weighted by Crippen LogP contribution is -2.38. The van der Waals surface area contributed by atoms with Crippen molar-refractivity contribution in [2.75, 3.05) is 46.6 Å². The molecule has 28 heavy (non-hydrogen) atoms. The second kappa shape index (κ2) is 16.0. The topological polar surface area (TPSA) is 64.1 Å². The molecule has 1 aromatic carbocycles. The van der Waals surface area contributed by atoms with Gasteiger partial charge >= 0.3 is 0 Å². The molecule has 160 valence electrons. The summed E-state index contributed by atoms with van der Waals surface area (Å²) in [7, 11) is 1.79. The van der Waals surface area contributed by atoms with Gasteiger partial charge in [0.15, 0.2) is 5.96 Å². The van der Waals surface area contributed by atoms with Crippen LogP contribution in [0.25, 0.3) is 0 Å². The van der Waals surface area contributed by atoms with Gasteiger partial charge in [0, 0.05) is 46.6 Å². The molecule has 1 aliphatic rings. The molecule has 1 atom stereocenters. The van der Waals surface area contributed by atoms with Gasteiger partial charge in [-0.25, -0.2) is 0 Å². The molecule has 2 N–H and O–H groups in total. The number of ether oxygens (including phenoxy) is 3. The van der Waals surface area contributed by atoms with E-state index in [1.807, 2.05) is 18.2 Å². The number of halogens is 1. The summed E-state index contributed by atoms with van der Waals surface area (Å²) in [6, 6.07) is 10.3. The van der Waals surface area contributed by atoms with E-state index in [0.29, 0.717) is 6.10 Å². The summed E-state index contributed by atoms with van der Waals surface area (Å²) in [5.41, 5.74) is 1.21. The molecule has 0 spiro atoms. The Balaban J connectivity index is 0.00000392. The first-order valence-corrected chi connectivity index (χ1v) is 10.1. The third kappa shape index (κ3) is 10.6. The second-order valence-electron chi connectivity index (χ2n) is 6.74. The summed E-state index contributed by atoms with van der Waals surface area (Å²) < 4.78 is 17.1. The molecular formula is C21H36IN3O3. The van der Waals surface area contributed by atoms with Gasteiger partial charge in [-0.2, -0.15) is 0 Å². The van der Waals surface area contributed by atoms with E-state index in [1.54, 1.807) is 7.05 Å². The summed E-state index contributed by atoms with van der Waals surface area (Å²) in [4.78, 5) is 4.25. The van der Waals surface area contributed by atoms with Crippen LogP contribution in [0.3, 0.4) is 0 Å². The Kier molecular flexibility index (Phi) is 14.3. The third-order valence-electron chi connectivity index (χ3n) is 4.61. The maximum atomic E-state index is 5.89. The van der Waals surface area contributed by atoms with Crippen molar-refractivity contribution in [1.29, 1.82) is 0 Å². The average molecular weight is 505 g/mol. The number of hydrogen-bond donors (Lipinski definition) is 2. The predicted molar refractivity (Wildman–Crippen MR) is 125 cm³/mol. The first kappa shape index (κ1) is 25.1. The van der Waals surface area contributed by atoms with Crippen LogP contribution in [0, 0.1) is 0 Å². The number of rotatable bonds is 11. The molecule has 0 saturated carbocycles.